The normalized spacial score (nSPS) is 26.3. The topological polar surface area (TPSA) is 72.8 Å². The number of rotatable bonds is 1. The van der Waals surface area contributed by atoms with Gasteiger partial charge in [0.25, 0.3) is 5.91 Å². The fraction of sp³-hybridized carbons (Fsp3) is 0.462. The quantitative estimate of drug-likeness (QED) is 0.672. The van der Waals surface area contributed by atoms with E-state index >= 15 is 0 Å². The van der Waals surface area contributed by atoms with Crippen LogP contribution in [0, 0.1) is 11.8 Å². The third-order valence-electron chi connectivity index (χ3n) is 3.83. The predicted molar refractivity (Wildman–Crippen MR) is 65.5 cm³/mol. The van der Waals surface area contributed by atoms with Gasteiger partial charge in [0, 0.05) is 37.8 Å². The maximum absolute atomic E-state index is 12.3. The highest BCUT2D eigenvalue weighted by molar-refractivity contribution is 5.95. The molecule has 3 rings (SSSR count). The maximum Gasteiger partial charge on any atom is 0.254 e. The van der Waals surface area contributed by atoms with E-state index in [1.165, 1.54) is 18.2 Å². The molecule has 18 heavy (non-hydrogen) atoms. The molecule has 0 spiro atoms. The first-order chi connectivity index (χ1) is 8.63. The minimum absolute atomic E-state index is 0.0839. The summed E-state index contributed by atoms with van der Waals surface area (Å²) in [5, 5.41) is 22.1. The van der Waals surface area contributed by atoms with E-state index in [0.29, 0.717) is 17.4 Å². The van der Waals surface area contributed by atoms with Crippen molar-refractivity contribution < 1.29 is 15.0 Å². The number of nitrogens with zero attached hydrogens (tertiary/aromatic N) is 1. The van der Waals surface area contributed by atoms with Crippen molar-refractivity contribution in [3.05, 3.63) is 23.8 Å². The van der Waals surface area contributed by atoms with Crippen LogP contribution in [0.4, 0.5) is 0 Å². The van der Waals surface area contributed by atoms with E-state index in [4.69, 9.17) is 0 Å². The minimum Gasteiger partial charge on any atom is -0.508 e. The van der Waals surface area contributed by atoms with E-state index in [2.05, 4.69) is 5.32 Å². The molecule has 96 valence electrons. The Morgan fingerprint density at radius 2 is 1.67 bits per heavy atom. The number of phenols is 2. The maximum atomic E-state index is 12.3. The number of carbonyl (C=O) groups is 1. The first-order valence-electron chi connectivity index (χ1n) is 6.16. The van der Waals surface area contributed by atoms with Crippen LogP contribution in [0.3, 0.4) is 0 Å². The summed E-state index contributed by atoms with van der Waals surface area (Å²) >= 11 is 0. The smallest absolute Gasteiger partial charge is 0.254 e. The number of nitrogens with one attached hydrogen (secondary N) is 1. The summed E-state index contributed by atoms with van der Waals surface area (Å²) in [6.07, 6.45) is 0. The Hall–Kier alpha value is -1.75. The molecule has 0 radical (unpaired) electrons. The van der Waals surface area contributed by atoms with Crippen molar-refractivity contribution in [2.75, 3.05) is 26.2 Å². The number of likely N-dealkylation sites (tertiary alicyclic amines) is 1. The van der Waals surface area contributed by atoms with Crippen LogP contribution >= 0.6 is 0 Å². The summed E-state index contributed by atoms with van der Waals surface area (Å²) in [5.74, 6) is 0.800. The van der Waals surface area contributed by atoms with Crippen LogP contribution in [-0.4, -0.2) is 47.2 Å². The molecule has 2 saturated heterocycles. The molecule has 1 aromatic carbocycles. The van der Waals surface area contributed by atoms with Crippen LogP contribution < -0.4 is 5.32 Å². The Bertz CT molecular complexity index is 457. The second kappa shape index (κ2) is 4.17. The molecule has 5 heteroatoms. The van der Waals surface area contributed by atoms with Crippen molar-refractivity contribution in [1.29, 1.82) is 0 Å². The van der Waals surface area contributed by atoms with E-state index in [0.717, 1.165) is 26.2 Å². The summed E-state index contributed by atoms with van der Waals surface area (Å²) in [6, 6.07) is 4.02. The Morgan fingerprint density at radius 1 is 1.11 bits per heavy atom. The van der Waals surface area contributed by atoms with Crippen LogP contribution in [0.25, 0.3) is 0 Å². The molecule has 1 aromatic rings. The lowest BCUT2D eigenvalue weighted by Gasteiger charge is -2.17. The largest absolute Gasteiger partial charge is 0.508 e. The number of hydrogen-bond acceptors (Lipinski definition) is 4. The third kappa shape index (κ3) is 1.90. The molecule has 5 nitrogen and oxygen atoms in total. The van der Waals surface area contributed by atoms with Crippen LogP contribution in [0.2, 0.25) is 0 Å². The fourth-order valence-corrected chi connectivity index (χ4v) is 2.92. The number of hydrogen-bond donors (Lipinski definition) is 3. The molecular weight excluding hydrogens is 232 g/mol. The standard InChI is InChI=1S/C13H16N2O3/c16-11-1-8(2-12(17)3-11)13(18)15-6-9-4-14-5-10(9)7-15/h1-3,9-10,14,16-17H,4-7H2/t9-,10+. The molecule has 0 unspecified atom stereocenters. The Kier molecular flexibility index (Phi) is 2.63. The molecule has 3 N–H and O–H groups in total. The van der Waals surface area contributed by atoms with Gasteiger partial charge < -0.3 is 20.4 Å². The van der Waals surface area contributed by atoms with Gasteiger partial charge in [-0.3, -0.25) is 4.79 Å². The molecule has 1 amide bonds. The van der Waals surface area contributed by atoms with Crippen LogP contribution in [0.5, 0.6) is 11.5 Å². The monoisotopic (exact) mass is 248 g/mol. The average molecular weight is 248 g/mol. The molecule has 0 saturated carbocycles. The first-order valence-corrected chi connectivity index (χ1v) is 6.16. The molecule has 2 atom stereocenters. The molecular formula is C13H16N2O3. The van der Waals surface area contributed by atoms with Crippen molar-refractivity contribution in [2.45, 2.75) is 0 Å². The fourth-order valence-electron chi connectivity index (χ4n) is 2.92. The van der Waals surface area contributed by atoms with Gasteiger partial charge in [0.15, 0.2) is 0 Å². The Labute approximate surface area is 105 Å². The van der Waals surface area contributed by atoms with Crippen molar-refractivity contribution in [3.8, 4) is 11.5 Å². The summed E-state index contributed by atoms with van der Waals surface area (Å²) < 4.78 is 0. The van der Waals surface area contributed by atoms with Gasteiger partial charge >= 0.3 is 0 Å². The van der Waals surface area contributed by atoms with Gasteiger partial charge in [-0.1, -0.05) is 0 Å². The van der Waals surface area contributed by atoms with Crippen LogP contribution in [0.15, 0.2) is 18.2 Å². The van der Waals surface area contributed by atoms with Crippen molar-refractivity contribution in [2.24, 2.45) is 11.8 Å². The van der Waals surface area contributed by atoms with Crippen molar-refractivity contribution >= 4 is 5.91 Å². The van der Waals surface area contributed by atoms with Gasteiger partial charge in [0.05, 0.1) is 0 Å². The molecule has 2 aliphatic rings. The van der Waals surface area contributed by atoms with Crippen molar-refractivity contribution in [3.63, 3.8) is 0 Å². The van der Waals surface area contributed by atoms with E-state index < -0.39 is 0 Å². The molecule has 0 aliphatic carbocycles. The highest BCUT2D eigenvalue weighted by Gasteiger charge is 2.38. The number of aromatic hydroxyl groups is 2. The minimum atomic E-state index is -0.115. The predicted octanol–water partition coefficient (Wildman–Crippen LogP) is 0.389. The highest BCUT2D eigenvalue weighted by Crippen LogP contribution is 2.29. The van der Waals surface area contributed by atoms with Gasteiger partial charge in [-0.2, -0.15) is 0 Å². The summed E-state index contributed by atoms with van der Waals surface area (Å²) in [6.45, 7) is 3.46. The zero-order valence-electron chi connectivity index (χ0n) is 9.97. The van der Waals surface area contributed by atoms with Gasteiger partial charge in [0.2, 0.25) is 0 Å². The molecule has 2 fully saturated rings. The lowest BCUT2D eigenvalue weighted by Crippen LogP contribution is -2.31. The van der Waals surface area contributed by atoms with Gasteiger partial charge in [0.1, 0.15) is 11.5 Å². The van der Waals surface area contributed by atoms with Crippen molar-refractivity contribution in [1.82, 2.24) is 10.2 Å². The second-order valence-electron chi connectivity index (χ2n) is 5.13. The van der Waals surface area contributed by atoms with Crippen LogP contribution in [0.1, 0.15) is 10.4 Å². The van der Waals surface area contributed by atoms with Crippen LogP contribution in [-0.2, 0) is 0 Å². The number of benzene rings is 1. The average Bonchev–Trinajstić information content (AvgIpc) is 2.86. The Morgan fingerprint density at radius 3 is 2.22 bits per heavy atom. The molecule has 2 aliphatic heterocycles. The number of amides is 1. The first kappa shape index (κ1) is 11.3. The van der Waals surface area contributed by atoms with E-state index in [1.807, 2.05) is 4.90 Å². The zero-order valence-corrected chi connectivity index (χ0v) is 9.97. The van der Waals surface area contributed by atoms with Gasteiger partial charge in [-0.15, -0.1) is 0 Å². The summed E-state index contributed by atoms with van der Waals surface area (Å²) in [5.41, 5.74) is 0.348. The SMILES string of the molecule is O=C(c1cc(O)cc(O)c1)N1C[C@H]2CNC[C@H]2C1. The molecule has 0 aromatic heterocycles. The molecule has 0 bridgehead atoms. The number of phenolic OH excluding ortho intramolecular Hbond substituents is 2. The highest BCUT2D eigenvalue weighted by atomic mass is 16.3. The van der Waals surface area contributed by atoms with E-state index in [-0.39, 0.29) is 17.4 Å². The van der Waals surface area contributed by atoms with Gasteiger partial charge in [-0.25, -0.2) is 0 Å². The lowest BCUT2D eigenvalue weighted by molar-refractivity contribution is 0.0781. The second-order valence-corrected chi connectivity index (χ2v) is 5.13. The summed E-state index contributed by atoms with van der Waals surface area (Å²) in [7, 11) is 0. The lowest BCUT2D eigenvalue weighted by atomic mass is 10.0. The van der Waals surface area contributed by atoms with E-state index in [1.54, 1.807) is 0 Å². The summed E-state index contributed by atoms with van der Waals surface area (Å²) in [4.78, 5) is 14.1. The number of carbonyl (C=O) groups excluding carboxylic acids is 1. The van der Waals surface area contributed by atoms with Gasteiger partial charge in [-0.05, 0) is 24.0 Å². The molecule has 2 heterocycles. The Balaban J connectivity index is 1.78. The third-order valence-corrected chi connectivity index (χ3v) is 3.83. The zero-order chi connectivity index (χ0) is 12.7. The van der Waals surface area contributed by atoms with E-state index in [9.17, 15) is 15.0 Å². The number of fused-ring (bicyclic) bond motifs is 1.